The van der Waals surface area contributed by atoms with Crippen molar-refractivity contribution >= 4 is 17.4 Å². The Morgan fingerprint density at radius 1 is 0.853 bits per heavy atom. The number of carbonyl (C=O) groups is 2. The van der Waals surface area contributed by atoms with E-state index >= 15 is 0 Å². The Balaban J connectivity index is 1.82. The topological polar surface area (TPSA) is 76.1 Å². The van der Waals surface area contributed by atoms with Gasteiger partial charge in [0.15, 0.2) is 0 Å². The monoisotopic (exact) mass is 457 g/mol. The summed E-state index contributed by atoms with van der Waals surface area (Å²) >= 11 is 0. The molecule has 174 valence electrons. The van der Waals surface area contributed by atoms with Crippen LogP contribution < -0.4 is 9.47 Å². The van der Waals surface area contributed by atoms with Crippen molar-refractivity contribution in [3.63, 3.8) is 0 Å². The number of likely N-dealkylation sites (tertiary alicyclic amines) is 1. The molecule has 1 N–H and O–H groups in total. The summed E-state index contributed by atoms with van der Waals surface area (Å²) in [5.74, 6) is -0.327. The van der Waals surface area contributed by atoms with Gasteiger partial charge in [-0.2, -0.15) is 0 Å². The van der Waals surface area contributed by atoms with Gasteiger partial charge >= 0.3 is 0 Å². The number of amides is 1. The Labute approximate surface area is 199 Å². The van der Waals surface area contributed by atoms with Crippen LogP contribution in [0.15, 0.2) is 84.4 Å². The zero-order valence-electron chi connectivity index (χ0n) is 19.2. The minimum Gasteiger partial charge on any atom is -0.507 e. The van der Waals surface area contributed by atoms with Crippen LogP contribution in [0.2, 0.25) is 0 Å². The van der Waals surface area contributed by atoms with E-state index in [2.05, 4.69) is 0 Å². The molecule has 1 aliphatic rings. The van der Waals surface area contributed by atoms with Crippen LogP contribution in [0.25, 0.3) is 5.76 Å². The van der Waals surface area contributed by atoms with Crippen LogP contribution in [-0.2, 0) is 16.1 Å². The number of aliphatic hydroxyl groups excluding tert-OH is 1. The molecule has 1 heterocycles. The lowest BCUT2D eigenvalue weighted by Crippen LogP contribution is -2.29. The molecule has 6 heteroatoms. The molecule has 3 aromatic rings. The van der Waals surface area contributed by atoms with Gasteiger partial charge in [0, 0.05) is 12.1 Å². The highest BCUT2D eigenvalue weighted by Crippen LogP contribution is 2.41. The molecule has 1 unspecified atom stereocenters. The van der Waals surface area contributed by atoms with E-state index in [4.69, 9.17) is 9.47 Å². The highest BCUT2D eigenvalue weighted by Gasteiger charge is 2.46. The third kappa shape index (κ3) is 4.66. The first-order valence-electron chi connectivity index (χ1n) is 11.3. The van der Waals surface area contributed by atoms with Crippen molar-refractivity contribution in [3.05, 3.63) is 101 Å². The molecule has 0 saturated carbocycles. The first-order valence-corrected chi connectivity index (χ1v) is 11.3. The van der Waals surface area contributed by atoms with Crippen molar-refractivity contribution in [3.8, 4) is 11.5 Å². The van der Waals surface area contributed by atoms with Gasteiger partial charge in [-0.25, -0.2) is 0 Å². The summed E-state index contributed by atoms with van der Waals surface area (Å²) in [6, 6.07) is 22.9. The Hall–Kier alpha value is -4.06. The fourth-order valence-corrected chi connectivity index (χ4v) is 4.14. The molecule has 1 atom stereocenters. The summed E-state index contributed by atoms with van der Waals surface area (Å²) in [4.78, 5) is 27.9. The maximum absolute atomic E-state index is 13.2. The summed E-state index contributed by atoms with van der Waals surface area (Å²) in [6.07, 6.45) is 0. The van der Waals surface area contributed by atoms with Gasteiger partial charge in [0.2, 0.25) is 0 Å². The van der Waals surface area contributed by atoms with E-state index in [1.165, 1.54) is 4.90 Å². The van der Waals surface area contributed by atoms with Crippen molar-refractivity contribution in [2.45, 2.75) is 26.4 Å². The molecular formula is C28H27NO5. The molecule has 3 aromatic carbocycles. The number of hydrogen-bond donors (Lipinski definition) is 1. The van der Waals surface area contributed by atoms with Gasteiger partial charge in [0.25, 0.3) is 11.7 Å². The van der Waals surface area contributed by atoms with E-state index in [-0.39, 0.29) is 17.9 Å². The second-order valence-electron chi connectivity index (χ2n) is 7.88. The second-order valence-corrected chi connectivity index (χ2v) is 7.88. The zero-order valence-corrected chi connectivity index (χ0v) is 19.2. The Bertz CT molecular complexity index is 1200. The molecule has 0 radical (unpaired) electrons. The quantitative estimate of drug-likeness (QED) is 0.289. The number of ketones is 1. The second kappa shape index (κ2) is 10.3. The predicted molar refractivity (Wildman–Crippen MR) is 130 cm³/mol. The Morgan fingerprint density at radius 2 is 1.53 bits per heavy atom. The maximum Gasteiger partial charge on any atom is 0.295 e. The molecule has 1 saturated heterocycles. The number of hydrogen-bond acceptors (Lipinski definition) is 5. The summed E-state index contributed by atoms with van der Waals surface area (Å²) < 4.78 is 11.1. The Morgan fingerprint density at radius 3 is 2.21 bits per heavy atom. The first kappa shape index (κ1) is 23.1. The Kier molecular flexibility index (Phi) is 6.97. The van der Waals surface area contributed by atoms with Crippen molar-refractivity contribution in [1.82, 2.24) is 4.90 Å². The largest absolute Gasteiger partial charge is 0.507 e. The minimum absolute atomic E-state index is 0.0544. The third-order valence-corrected chi connectivity index (χ3v) is 5.66. The van der Waals surface area contributed by atoms with E-state index in [0.29, 0.717) is 35.8 Å². The van der Waals surface area contributed by atoms with E-state index in [9.17, 15) is 14.7 Å². The van der Waals surface area contributed by atoms with Crippen LogP contribution in [-0.4, -0.2) is 34.9 Å². The van der Waals surface area contributed by atoms with Gasteiger partial charge in [-0.05, 0) is 49.2 Å². The van der Waals surface area contributed by atoms with E-state index < -0.39 is 17.7 Å². The average molecular weight is 458 g/mol. The molecule has 1 amide bonds. The van der Waals surface area contributed by atoms with Gasteiger partial charge in [0.1, 0.15) is 17.3 Å². The number of ether oxygens (including phenoxy) is 2. The maximum atomic E-state index is 13.2. The van der Waals surface area contributed by atoms with Crippen LogP contribution in [0.5, 0.6) is 11.5 Å². The van der Waals surface area contributed by atoms with Crippen molar-refractivity contribution in [2.75, 3.05) is 13.2 Å². The highest BCUT2D eigenvalue weighted by molar-refractivity contribution is 6.46. The van der Waals surface area contributed by atoms with Gasteiger partial charge < -0.3 is 19.5 Å². The van der Waals surface area contributed by atoms with Crippen LogP contribution in [0.3, 0.4) is 0 Å². The molecule has 0 aliphatic carbocycles. The third-order valence-electron chi connectivity index (χ3n) is 5.66. The van der Waals surface area contributed by atoms with Crippen LogP contribution in [0, 0.1) is 0 Å². The lowest BCUT2D eigenvalue weighted by Gasteiger charge is -2.25. The predicted octanol–water partition coefficient (Wildman–Crippen LogP) is 5.11. The fraction of sp³-hybridized carbons (Fsp3) is 0.214. The standard InChI is InChI=1S/C28H27NO5/c1-3-33-22-15-13-20(14-16-22)25-24(26(30)21-11-8-12-23(17-21)34-4-2)27(31)28(32)29(25)18-19-9-6-5-7-10-19/h5-17,25,30H,3-4,18H2,1-2H3/b26-24+. The van der Waals surface area contributed by atoms with E-state index in [1.807, 2.05) is 56.3 Å². The lowest BCUT2D eigenvalue weighted by molar-refractivity contribution is -0.140. The molecule has 4 rings (SSSR count). The molecule has 0 spiro atoms. The molecule has 1 fully saturated rings. The number of aliphatic hydroxyl groups is 1. The SMILES string of the molecule is CCOc1ccc(C2/C(=C(\O)c3cccc(OCC)c3)C(=O)C(=O)N2Cc2ccccc2)cc1. The summed E-state index contributed by atoms with van der Waals surface area (Å²) in [7, 11) is 0. The number of rotatable bonds is 8. The smallest absolute Gasteiger partial charge is 0.295 e. The number of nitrogens with zero attached hydrogens (tertiary/aromatic N) is 1. The molecule has 6 nitrogen and oxygen atoms in total. The van der Waals surface area contributed by atoms with Crippen molar-refractivity contribution in [2.24, 2.45) is 0 Å². The number of carbonyl (C=O) groups excluding carboxylic acids is 2. The first-order chi connectivity index (χ1) is 16.5. The van der Waals surface area contributed by atoms with Gasteiger partial charge in [-0.1, -0.05) is 54.6 Å². The minimum atomic E-state index is -0.744. The van der Waals surface area contributed by atoms with Gasteiger partial charge in [-0.15, -0.1) is 0 Å². The zero-order chi connectivity index (χ0) is 24.1. The summed E-state index contributed by atoms with van der Waals surface area (Å²) in [5, 5.41) is 11.3. The van der Waals surface area contributed by atoms with Crippen LogP contribution in [0.4, 0.5) is 0 Å². The molecular weight excluding hydrogens is 430 g/mol. The van der Waals surface area contributed by atoms with Gasteiger partial charge in [-0.3, -0.25) is 9.59 Å². The van der Waals surface area contributed by atoms with Crippen LogP contribution >= 0.6 is 0 Å². The van der Waals surface area contributed by atoms with E-state index in [1.54, 1.807) is 36.4 Å². The molecule has 0 aromatic heterocycles. The molecule has 34 heavy (non-hydrogen) atoms. The average Bonchev–Trinajstić information content (AvgIpc) is 3.10. The summed E-state index contributed by atoms with van der Waals surface area (Å²) in [5.41, 5.74) is 2.07. The van der Waals surface area contributed by atoms with Crippen molar-refractivity contribution < 1.29 is 24.2 Å². The highest BCUT2D eigenvalue weighted by atomic mass is 16.5. The number of benzene rings is 3. The van der Waals surface area contributed by atoms with Gasteiger partial charge in [0.05, 0.1) is 24.8 Å². The van der Waals surface area contributed by atoms with Crippen molar-refractivity contribution in [1.29, 1.82) is 0 Å². The number of Topliss-reactive ketones (excluding diaryl/α,β-unsaturated/α-hetero) is 1. The molecule has 1 aliphatic heterocycles. The normalized spacial score (nSPS) is 17.1. The van der Waals surface area contributed by atoms with E-state index in [0.717, 1.165) is 5.56 Å². The molecule has 0 bridgehead atoms. The lowest BCUT2D eigenvalue weighted by atomic mass is 9.95. The summed E-state index contributed by atoms with van der Waals surface area (Å²) in [6.45, 7) is 5.01. The van der Waals surface area contributed by atoms with Crippen LogP contribution in [0.1, 0.15) is 36.6 Å². The fourth-order valence-electron chi connectivity index (χ4n) is 4.14.